The minimum atomic E-state index is -0.187. The first-order valence-electron chi connectivity index (χ1n) is 5.24. The Bertz CT molecular complexity index is 547. The van der Waals surface area contributed by atoms with E-state index in [4.69, 9.17) is 0 Å². The van der Waals surface area contributed by atoms with Gasteiger partial charge in [-0.2, -0.15) is 0 Å². The van der Waals surface area contributed by atoms with Gasteiger partial charge in [-0.25, -0.2) is 0 Å². The van der Waals surface area contributed by atoms with Gasteiger partial charge in [-0.1, -0.05) is 26.8 Å². The highest BCUT2D eigenvalue weighted by atomic mass is 16.3. The molecule has 1 aromatic heterocycles. The number of hydrogen-bond acceptors (Lipinski definition) is 2. The molecule has 0 aliphatic rings. The van der Waals surface area contributed by atoms with Crippen LogP contribution in [0.3, 0.4) is 0 Å². The lowest BCUT2D eigenvalue weighted by atomic mass is 9.84. The van der Waals surface area contributed by atoms with Crippen molar-refractivity contribution in [2.75, 3.05) is 0 Å². The Morgan fingerprint density at radius 1 is 1.31 bits per heavy atom. The average Bonchev–Trinajstić information content (AvgIpc) is 2.57. The van der Waals surface area contributed by atoms with Crippen LogP contribution in [0.4, 0.5) is 0 Å². The number of aromatic hydroxyl groups is 1. The minimum absolute atomic E-state index is 0.187. The smallest absolute Gasteiger partial charge is 0.166 e. The van der Waals surface area contributed by atoms with E-state index in [2.05, 4.69) is 4.98 Å². The zero-order valence-electron chi connectivity index (χ0n) is 9.66. The first-order chi connectivity index (χ1) is 7.45. The topological polar surface area (TPSA) is 53.1 Å². The van der Waals surface area contributed by atoms with Gasteiger partial charge in [0.25, 0.3) is 0 Å². The SMILES string of the molecule is CC(C)(C)c1c(C=O)[nH]c2cccc(O)c12. The second-order valence-corrected chi connectivity index (χ2v) is 4.98. The van der Waals surface area contributed by atoms with Gasteiger partial charge in [0.15, 0.2) is 6.29 Å². The molecule has 3 heteroatoms. The van der Waals surface area contributed by atoms with Crippen LogP contribution in [0.15, 0.2) is 18.2 Å². The molecule has 2 rings (SSSR count). The maximum atomic E-state index is 11.0. The van der Waals surface area contributed by atoms with Crippen molar-refractivity contribution >= 4 is 17.2 Å². The molecule has 0 saturated heterocycles. The van der Waals surface area contributed by atoms with Gasteiger partial charge in [-0.05, 0) is 23.1 Å². The van der Waals surface area contributed by atoms with Crippen molar-refractivity contribution in [2.45, 2.75) is 26.2 Å². The predicted molar refractivity (Wildman–Crippen MR) is 64.1 cm³/mol. The predicted octanol–water partition coefficient (Wildman–Crippen LogP) is 2.98. The van der Waals surface area contributed by atoms with Crippen LogP contribution in [0.5, 0.6) is 5.75 Å². The average molecular weight is 217 g/mol. The van der Waals surface area contributed by atoms with Crippen molar-refractivity contribution in [3.05, 3.63) is 29.5 Å². The van der Waals surface area contributed by atoms with E-state index in [1.165, 1.54) is 0 Å². The molecule has 0 radical (unpaired) electrons. The molecule has 2 N–H and O–H groups in total. The number of aromatic nitrogens is 1. The number of phenolic OH excluding ortho intramolecular Hbond substituents is 1. The van der Waals surface area contributed by atoms with Gasteiger partial charge >= 0.3 is 0 Å². The highest BCUT2D eigenvalue weighted by Crippen LogP contribution is 2.37. The second kappa shape index (κ2) is 3.37. The monoisotopic (exact) mass is 217 g/mol. The van der Waals surface area contributed by atoms with E-state index in [1.807, 2.05) is 26.8 Å². The summed E-state index contributed by atoms with van der Waals surface area (Å²) in [5.74, 6) is 0.215. The summed E-state index contributed by atoms with van der Waals surface area (Å²) in [7, 11) is 0. The Hall–Kier alpha value is -1.77. The van der Waals surface area contributed by atoms with E-state index in [0.29, 0.717) is 5.69 Å². The molecule has 0 atom stereocenters. The van der Waals surface area contributed by atoms with Gasteiger partial charge in [-0.15, -0.1) is 0 Å². The fourth-order valence-corrected chi connectivity index (χ4v) is 2.12. The number of H-pyrrole nitrogens is 1. The minimum Gasteiger partial charge on any atom is -0.507 e. The lowest BCUT2D eigenvalue weighted by Gasteiger charge is -2.19. The molecule has 0 amide bonds. The number of hydrogen-bond donors (Lipinski definition) is 2. The molecule has 0 saturated carbocycles. The number of nitrogens with one attached hydrogen (secondary N) is 1. The molecule has 3 nitrogen and oxygen atoms in total. The van der Waals surface area contributed by atoms with Gasteiger partial charge in [0.05, 0.1) is 5.69 Å². The van der Waals surface area contributed by atoms with Crippen LogP contribution in [-0.4, -0.2) is 16.4 Å². The number of phenols is 1. The van der Waals surface area contributed by atoms with Gasteiger partial charge in [0.2, 0.25) is 0 Å². The fraction of sp³-hybridized carbons (Fsp3) is 0.308. The lowest BCUT2D eigenvalue weighted by Crippen LogP contribution is -2.13. The summed E-state index contributed by atoms with van der Waals surface area (Å²) in [5, 5.41) is 10.6. The normalized spacial score (nSPS) is 11.9. The first kappa shape index (κ1) is 10.7. The maximum Gasteiger partial charge on any atom is 0.166 e. The standard InChI is InChI=1S/C13H15NO2/c1-13(2,3)12-9(7-15)14-8-5-4-6-10(16)11(8)12/h4-7,14,16H,1-3H3. The van der Waals surface area contributed by atoms with Crippen molar-refractivity contribution in [1.82, 2.24) is 4.98 Å². The molecule has 0 bridgehead atoms. The summed E-state index contributed by atoms with van der Waals surface area (Å²) in [6.45, 7) is 6.07. The Labute approximate surface area is 94.1 Å². The Kier molecular flexibility index (Phi) is 2.26. The first-order valence-corrected chi connectivity index (χ1v) is 5.24. The lowest BCUT2D eigenvalue weighted by molar-refractivity contribution is 0.111. The molecule has 1 aromatic carbocycles. The molecule has 0 aliphatic carbocycles. The summed E-state index contributed by atoms with van der Waals surface area (Å²) in [4.78, 5) is 14.1. The quantitative estimate of drug-likeness (QED) is 0.721. The highest BCUT2D eigenvalue weighted by molar-refractivity contribution is 5.96. The van der Waals surface area contributed by atoms with E-state index >= 15 is 0 Å². The number of carbonyl (C=O) groups is 1. The van der Waals surface area contributed by atoms with Crippen molar-refractivity contribution in [1.29, 1.82) is 0 Å². The van der Waals surface area contributed by atoms with Crippen LogP contribution in [-0.2, 0) is 5.41 Å². The summed E-state index contributed by atoms with van der Waals surface area (Å²) < 4.78 is 0. The van der Waals surface area contributed by atoms with Gasteiger partial charge in [0.1, 0.15) is 5.75 Å². The number of carbonyl (C=O) groups excluding carboxylic acids is 1. The molecule has 0 spiro atoms. The van der Waals surface area contributed by atoms with E-state index in [-0.39, 0.29) is 11.2 Å². The summed E-state index contributed by atoms with van der Waals surface area (Å²) in [5.41, 5.74) is 2.03. The number of aromatic amines is 1. The molecule has 0 aliphatic heterocycles. The summed E-state index contributed by atoms with van der Waals surface area (Å²) >= 11 is 0. The molecule has 0 fully saturated rings. The number of rotatable bonds is 1. The summed E-state index contributed by atoms with van der Waals surface area (Å²) in [6, 6.07) is 5.26. The molecule has 2 aromatic rings. The van der Waals surface area contributed by atoms with Gasteiger partial charge < -0.3 is 10.1 Å². The second-order valence-electron chi connectivity index (χ2n) is 4.98. The molecular weight excluding hydrogens is 202 g/mol. The van der Waals surface area contributed by atoms with E-state index < -0.39 is 0 Å². The third kappa shape index (κ3) is 1.48. The van der Waals surface area contributed by atoms with Crippen molar-refractivity contribution < 1.29 is 9.90 Å². The molecule has 84 valence electrons. The van der Waals surface area contributed by atoms with Gasteiger partial charge in [-0.3, -0.25) is 4.79 Å². The molecule has 1 heterocycles. The summed E-state index contributed by atoms with van der Waals surface area (Å²) in [6.07, 6.45) is 0.806. The van der Waals surface area contributed by atoms with E-state index in [1.54, 1.807) is 12.1 Å². The van der Waals surface area contributed by atoms with Crippen molar-refractivity contribution in [2.24, 2.45) is 0 Å². The van der Waals surface area contributed by atoms with Crippen LogP contribution in [0.1, 0.15) is 36.8 Å². The third-order valence-corrected chi connectivity index (χ3v) is 2.70. The zero-order valence-corrected chi connectivity index (χ0v) is 9.66. The van der Waals surface area contributed by atoms with Crippen molar-refractivity contribution in [3.8, 4) is 5.75 Å². The number of fused-ring (bicyclic) bond motifs is 1. The highest BCUT2D eigenvalue weighted by Gasteiger charge is 2.24. The Balaban J connectivity index is 2.92. The Morgan fingerprint density at radius 3 is 2.56 bits per heavy atom. The largest absolute Gasteiger partial charge is 0.507 e. The zero-order chi connectivity index (χ0) is 11.9. The number of benzene rings is 1. The van der Waals surface area contributed by atoms with Crippen LogP contribution >= 0.6 is 0 Å². The van der Waals surface area contributed by atoms with Crippen LogP contribution < -0.4 is 0 Å². The fourth-order valence-electron chi connectivity index (χ4n) is 2.12. The van der Waals surface area contributed by atoms with Crippen LogP contribution in [0.25, 0.3) is 10.9 Å². The molecular formula is C13H15NO2. The Morgan fingerprint density at radius 2 is 2.00 bits per heavy atom. The molecule has 16 heavy (non-hydrogen) atoms. The third-order valence-electron chi connectivity index (χ3n) is 2.70. The van der Waals surface area contributed by atoms with Crippen LogP contribution in [0.2, 0.25) is 0 Å². The maximum absolute atomic E-state index is 11.0. The van der Waals surface area contributed by atoms with Gasteiger partial charge in [0, 0.05) is 10.9 Å². The number of aldehydes is 1. The molecule has 0 unspecified atom stereocenters. The van der Waals surface area contributed by atoms with Crippen LogP contribution in [0, 0.1) is 0 Å². The van der Waals surface area contributed by atoms with E-state index in [9.17, 15) is 9.90 Å². The van der Waals surface area contributed by atoms with E-state index in [0.717, 1.165) is 22.8 Å². The van der Waals surface area contributed by atoms with Crippen molar-refractivity contribution in [3.63, 3.8) is 0 Å².